The van der Waals surface area contributed by atoms with Crippen LogP contribution in [0.3, 0.4) is 0 Å². The van der Waals surface area contributed by atoms with Gasteiger partial charge < -0.3 is 10.1 Å². The fraction of sp³-hybridized carbons (Fsp3) is 0.333. The van der Waals surface area contributed by atoms with Gasteiger partial charge in [0.15, 0.2) is 0 Å². The number of aromatic amines is 1. The molecule has 2 rings (SSSR count). The summed E-state index contributed by atoms with van der Waals surface area (Å²) in [5.74, 6) is 0.451. The Hall–Kier alpha value is -1.63. The fourth-order valence-corrected chi connectivity index (χ4v) is 2.98. The molecule has 0 spiro atoms. The molecule has 0 unspecified atom stereocenters. The first-order chi connectivity index (χ1) is 9.92. The molecular formula is C15H20N2O3S. The Morgan fingerprint density at radius 1 is 1.24 bits per heavy atom. The van der Waals surface area contributed by atoms with Gasteiger partial charge in [-0.1, -0.05) is 38.1 Å². The van der Waals surface area contributed by atoms with E-state index in [0.717, 1.165) is 5.56 Å². The minimum atomic E-state index is -3.57. The Balaban J connectivity index is 2.04. The third kappa shape index (κ3) is 3.93. The molecule has 6 heteroatoms. The number of sulfonamides is 1. The summed E-state index contributed by atoms with van der Waals surface area (Å²) in [6.07, 6.45) is 1.37. The topological polar surface area (TPSA) is 82.2 Å². The van der Waals surface area contributed by atoms with Crippen molar-refractivity contribution in [2.75, 3.05) is 0 Å². The van der Waals surface area contributed by atoms with E-state index in [-0.39, 0.29) is 18.0 Å². The van der Waals surface area contributed by atoms with Crippen LogP contribution in [0.4, 0.5) is 0 Å². The van der Waals surface area contributed by atoms with Gasteiger partial charge in [-0.3, -0.25) is 0 Å². The van der Waals surface area contributed by atoms with E-state index in [1.165, 1.54) is 17.8 Å². The molecule has 2 aromatic rings. The van der Waals surface area contributed by atoms with Gasteiger partial charge in [-0.05, 0) is 23.1 Å². The van der Waals surface area contributed by atoms with Crippen molar-refractivity contribution in [2.24, 2.45) is 0 Å². The zero-order valence-electron chi connectivity index (χ0n) is 12.1. The third-order valence-corrected chi connectivity index (χ3v) is 4.69. The highest BCUT2D eigenvalue weighted by Gasteiger charge is 2.15. The van der Waals surface area contributed by atoms with E-state index in [4.69, 9.17) is 5.11 Å². The molecule has 0 fully saturated rings. The highest BCUT2D eigenvalue weighted by molar-refractivity contribution is 7.89. The molecule has 0 amide bonds. The zero-order chi connectivity index (χ0) is 15.5. The second-order valence-corrected chi connectivity index (χ2v) is 7.01. The van der Waals surface area contributed by atoms with Crippen LogP contribution in [0.2, 0.25) is 0 Å². The molecule has 0 aliphatic carbocycles. The minimum Gasteiger partial charge on any atom is -0.390 e. The average Bonchev–Trinajstić information content (AvgIpc) is 2.95. The second kappa shape index (κ2) is 6.43. The molecule has 1 heterocycles. The number of aromatic nitrogens is 1. The first-order valence-electron chi connectivity index (χ1n) is 6.79. The molecule has 1 aromatic carbocycles. The Morgan fingerprint density at radius 3 is 2.43 bits per heavy atom. The van der Waals surface area contributed by atoms with E-state index in [9.17, 15) is 8.42 Å². The number of nitrogens with one attached hydrogen (secondary N) is 2. The molecule has 1 aromatic heterocycles. The second-order valence-electron chi connectivity index (χ2n) is 5.24. The van der Waals surface area contributed by atoms with Gasteiger partial charge in [-0.15, -0.1) is 0 Å². The molecule has 114 valence electrons. The first kappa shape index (κ1) is 15.8. The summed E-state index contributed by atoms with van der Waals surface area (Å²) in [6.45, 7) is 4.25. The number of H-pyrrole nitrogens is 1. The number of aliphatic hydroxyl groups is 1. The van der Waals surface area contributed by atoms with Crippen molar-refractivity contribution >= 4 is 10.0 Å². The number of hydrogen-bond donors (Lipinski definition) is 3. The van der Waals surface area contributed by atoms with Crippen molar-refractivity contribution in [3.8, 4) is 0 Å². The van der Waals surface area contributed by atoms with Crippen LogP contribution in [-0.4, -0.2) is 18.5 Å². The average molecular weight is 308 g/mol. The number of aliphatic hydroxyl groups excluding tert-OH is 1. The maximum absolute atomic E-state index is 12.1. The molecule has 0 atom stereocenters. The van der Waals surface area contributed by atoms with Crippen molar-refractivity contribution in [2.45, 2.75) is 37.8 Å². The predicted molar refractivity (Wildman–Crippen MR) is 81.3 cm³/mol. The van der Waals surface area contributed by atoms with Crippen LogP contribution in [0.5, 0.6) is 0 Å². The van der Waals surface area contributed by atoms with E-state index in [1.54, 1.807) is 0 Å². The highest BCUT2D eigenvalue weighted by atomic mass is 32.2. The fourth-order valence-electron chi connectivity index (χ4n) is 1.95. The minimum absolute atomic E-state index is 0.130. The molecular weight excluding hydrogens is 288 g/mol. The molecule has 0 saturated heterocycles. The number of hydrogen-bond acceptors (Lipinski definition) is 3. The van der Waals surface area contributed by atoms with Crippen LogP contribution in [0.25, 0.3) is 0 Å². The summed E-state index contributed by atoms with van der Waals surface area (Å²) in [4.78, 5) is 2.84. The van der Waals surface area contributed by atoms with Crippen LogP contribution >= 0.6 is 0 Å². The van der Waals surface area contributed by atoms with Gasteiger partial charge in [0.1, 0.15) is 0 Å². The summed E-state index contributed by atoms with van der Waals surface area (Å²) in [5, 5.41) is 8.95. The molecule has 0 bridgehead atoms. The maximum atomic E-state index is 12.1. The molecule has 0 saturated carbocycles. The Kier molecular flexibility index (Phi) is 4.82. The summed E-state index contributed by atoms with van der Waals surface area (Å²) < 4.78 is 26.7. The van der Waals surface area contributed by atoms with Crippen molar-refractivity contribution in [3.05, 3.63) is 53.3 Å². The van der Waals surface area contributed by atoms with Gasteiger partial charge >= 0.3 is 0 Å². The highest BCUT2D eigenvalue weighted by Crippen LogP contribution is 2.15. The third-order valence-electron chi connectivity index (χ3n) is 3.31. The Labute approximate surface area is 125 Å². The smallest absolute Gasteiger partial charge is 0.242 e. The Bertz CT molecular complexity index is 688. The summed E-state index contributed by atoms with van der Waals surface area (Å²) in [5.41, 5.74) is 2.59. The van der Waals surface area contributed by atoms with Crippen molar-refractivity contribution in [1.82, 2.24) is 9.71 Å². The number of rotatable bonds is 6. The lowest BCUT2D eigenvalue weighted by Crippen LogP contribution is -2.22. The largest absolute Gasteiger partial charge is 0.390 e. The molecule has 5 nitrogen and oxygen atoms in total. The van der Waals surface area contributed by atoms with Crippen LogP contribution in [-0.2, 0) is 23.2 Å². The van der Waals surface area contributed by atoms with Gasteiger partial charge in [-0.2, -0.15) is 0 Å². The molecule has 0 aliphatic rings. The quantitative estimate of drug-likeness (QED) is 0.764. The van der Waals surface area contributed by atoms with E-state index < -0.39 is 10.0 Å². The molecule has 0 radical (unpaired) electrons. The SMILES string of the molecule is CC(C)c1ccc(CNS(=O)(=O)c2c[nH]c(CO)c2)cc1. The van der Waals surface area contributed by atoms with E-state index >= 15 is 0 Å². The van der Waals surface area contributed by atoms with Crippen molar-refractivity contribution in [3.63, 3.8) is 0 Å². The lowest BCUT2D eigenvalue weighted by atomic mass is 10.0. The molecule has 0 aliphatic heterocycles. The molecule has 21 heavy (non-hydrogen) atoms. The lowest BCUT2D eigenvalue weighted by Gasteiger charge is -2.08. The van der Waals surface area contributed by atoms with Crippen LogP contribution in [0.15, 0.2) is 41.4 Å². The lowest BCUT2D eigenvalue weighted by molar-refractivity contribution is 0.277. The van der Waals surface area contributed by atoms with Gasteiger partial charge in [0.2, 0.25) is 10.0 Å². The van der Waals surface area contributed by atoms with Crippen LogP contribution < -0.4 is 4.72 Å². The van der Waals surface area contributed by atoms with Crippen LogP contribution in [0, 0.1) is 0 Å². The maximum Gasteiger partial charge on any atom is 0.242 e. The normalized spacial score (nSPS) is 12.0. The number of benzene rings is 1. The zero-order valence-corrected chi connectivity index (χ0v) is 12.9. The van der Waals surface area contributed by atoms with E-state index in [2.05, 4.69) is 23.6 Å². The van der Waals surface area contributed by atoms with Gasteiger partial charge in [0.25, 0.3) is 0 Å². The Morgan fingerprint density at radius 2 is 1.90 bits per heavy atom. The molecule has 3 N–H and O–H groups in total. The van der Waals surface area contributed by atoms with Crippen molar-refractivity contribution in [1.29, 1.82) is 0 Å². The van der Waals surface area contributed by atoms with Gasteiger partial charge in [-0.25, -0.2) is 13.1 Å². The monoisotopic (exact) mass is 308 g/mol. The predicted octanol–water partition coefficient (Wildman–Crippen LogP) is 2.11. The van der Waals surface area contributed by atoms with Gasteiger partial charge in [0, 0.05) is 18.4 Å². The summed E-state index contributed by atoms with van der Waals surface area (Å²) in [7, 11) is -3.57. The first-order valence-corrected chi connectivity index (χ1v) is 8.27. The van der Waals surface area contributed by atoms with Crippen molar-refractivity contribution < 1.29 is 13.5 Å². The van der Waals surface area contributed by atoms with Gasteiger partial charge in [0.05, 0.1) is 11.5 Å². The summed E-state index contributed by atoms with van der Waals surface area (Å²) >= 11 is 0. The standard InChI is InChI=1S/C15H20N2O3S/c1-11(2)13-5-3-12(4-6-13)8-17-21(19,20)15-7-14(10-18)16-9-15/h3-7,9,11,16-18H,8,10H2,1-2H3. The van der Waals surface area contributed by atoms with Crippen LogP contribution in [0.1, 0.15) is 36.6 Å². The van der Waals surface area contributed by atoms with E-state index in [0.29, 0.717) is 11.6 Å². The van der Waals surface area contributed by atoms with E-state index in [1.807, 2.05) is 24.3 Å². The summed E-state index contributed by atoms with van der Waals surface area (Å²) in [6, 6.07) is 9.29.